The summed E-state index contributed by atoms with van der Waals surface area (Å²) in [6.07, 6.45) is 0. The number of nitrogens with zero attached hydrogens (tertiary/aromatic N) is 1. The number of nitrogens with one attached hydrogen (secondary N) is 2. The van der Waals surface area contributed by atoms with Crippen LogP contribution in [0.2, 0.25) is 0 Å². The van der Waals surface area contributed by atoms with Crippen LogP contribution in [0.5, 0.6) is 0 Å². The van der Waals surface area contributed by atoms with E-state index in [1.54, 1.807) is 17.9 Å². The van der Waals surface area contributed by atoms with Gasteiger partial charge in [-0.3, -0.25) is 4.79 Å². The van der Waals surface area contributed by atoms with Crippen LogP contribution in [0.25, 0.3) is 0 Å². The van der Waals surface area contributed by atoms with Crippen LogP contribution in [0.4, 0.5) is 14.9 Å². The van der Waals surface area contributed by atoms with Gasteiger partial charge in [0.25, 0.3) is 0 Å². The minimum absolute atomic E-state index is 0.0986. The van der Waals surface area contributed by atoms with Crippen molar-refractivity contribution in [3.05, 3.63) is 30.1 Å². The summed E-state index contributed by atoms with van der Waals surface area (Å²) in [4.78, 5) is 25.3. The van der Waals surface area contributed by atoms with Crippen LogP contribution in [0.15, 0.2) is 24.3 Å². The zero-order valence-corrected chi connectivity index (χ0v) is 11.9. The van der Waals surface area contributed by atoms with Crippen LogP contribution < -0.4 is 10.6 Å². The number of carbonyl (C=O) groups is 2. The molecule has 2 N–H and O–H groups in total. The van der Waals surface area contributed by atoms with Gasteiger partial charge in [-0.15, -0.1) is 0 Å². The third-order valence-corrected chi connectivity index (χ3v) is 2.92. The summed E-state index contributed by atoms with van der Waals surface area (Å²) in [5.74, 6) is -0.973. The molecule has 0 saturated carbocycles. The second kappa shape index (κ2) is 7.47. The maximum absolute atomic E-state index is 13.4. The molecule has 0 bridgehead atoms. The average molecular weight is 281 g/mol. The Labute approximate surface area is 118 Å². The van der Waals surface area contributed by atoms with Crippen LogP contribution >= 0.6 is 0 Å². The molecule has 1 aromatic rings. The van der Waals surface area contributed by atoms with Crippen LogP contribution in [-0.4, -0.2) is 36.0 Å². The molecule has 0 spiro atoms. The highest BCUT2D eigenvalue weighted by atomic mass is 19.1. The summed E-state index contributed by atoms with van der Waals surface area (Å²) < 4.78 is 13.4. The van der Waals surface area contributed by atoms with Gasteiger partial charge in [-0.2, -0.15) is 0 Å². The molecule has 20 heavy (non-hydrogen) atoms. The molecule has 0 aliphatic carbocycles. The Bertz CT molecular complexity index is 475. The molecule has 0 aliphatic heterocycles. The van der Waals surface area contributed by atoms with Crippen molar-refractivity contribution < 1.29 is 14.0 Å². The van der Waals surface area contributed by atoms with Gasteiger partial charge in [-0.1, -0.05) is 12.1 Å². The maximum atomic E-state index is 13.4. The molecule has 0 aromatic heterocycles. The maximum Gasteiger partial charge on any atom is 0.318 e. The molecule has 110 valence electrons. The molecule has 5 nitrogen and oxygen atoms in total. The van der Waals surface area contributed by atoms with E-state index in [-0.39, 0.29) is 11.7 Å². The number of para-hydroxylation sites is 1. The largest absolute Gasteiger partial charge is 0.326 e. The molecule has 0 heterocycles. The Morgan fingerprint density at radius 3 is 2.40 bits per heavy atom. The van der Waals surface area contributed by atoms with Crippen LogP contribution in [0.1, 0.15) is 20.8 Å². The summed E-state index contributed by atoms with van der Waals surface area (Å²) in [5, 5.41) is 5.02. The van der Waals surface area contributed by atoms with Gasteiger partial charge in [-0.05, 0) is 32.9 Å². The zero-order valence-electron chi connectivity index (χ0n) is 11.9. The minimum Gasteiger partial charge on any atom is -0.326 e. The molecular formula is C14H20FN3O2. The van der Waals surface area contributed by atoms with Crippen molar-refractivity contribution in [3.63, 3.8) is 0 Å². The third-order valence-electron chi connectivity index (χ3n) is 2.92. The highest BCUT2D eigenvalue weighted by Gasteiger charge is 2.19. The monoisotopic (exact) mass is 281 g/mol. The van der Waals surface area contributed by atoms with Crippen molar-refractivity contribution in [1.29, 1.82) is 0 Å². The van der Waals surface area contributed by atoms with Gasteiger partial charge in [-0.25, -0.2) is 9.18 Å². The van der Waals surface area contributed by atoms with Gasteiger partial charge in [0.05, 0.1) is 5.69 Å². The molecular weight excluding hydrogens is 261 g/mol. The fraction of sp³-hybridized carbons (Fsp3) is 0.429. The predicted octanol–water partition coefficient (Wildman–Crippen LogP) is 2.20. The van der Waals surface area contributed by atoms with Crippen molar-refractivity contribution in [2.75, 3.05) is 18.4 Å². The van der Waals surface area contributed by atoms with E-state index in [2.05, 4.69) is 10.6 Å². The molecule has 0 fully saturated rings. The molecule has 6 heteroatoms. The molecule has 0 radical (unpaired) electrons. The number of rotatable bonds is 5. The minimum atomic E-state index is -0.747. The van der Waals surface area contributed by atoms with Gasteiger partial charge in [0.2, 0.25) is 5.91 Å². The van der Waals surface area contributed by atoms with Crippen molar-refractivity contribution in [2.24, 2.45) is 0 Å². The van der Waals surface area contributed by atoms with Crippen molar-refractivity contribution in [2.45, 2.75) is 26.8 Å². The summed E-state index contributed by atoms with van der Waals surface area (Å²) in [7, 11) is 0. The van der Waals surface area contributed by atoms with E-state index in [0.29, 0.717) is 13.1 Å². The lowest BCUT2D eigenvalue weighted by molar-refractivity contribution is -0.117. The summed E-state index contributed by atoms with van der Waals surface area (Å²) in [6.45, 7) is 6.38. The second-order valence-electron chi connectivity index (χ2n) is 4.31. The van der Waals surface area contributed by atoms with Crippen molar-refractivity contribution >= 4 is 17.6 Å². The number of amides is 3. The second-order valence-corrected chi connectivity index (χ2v) is 4.31. The average Bonchev–Trinajstić information content (AvgIpc) is 2.42. The fourth-order valence-corrected chi connectivity index (χ4v) is 1.66. The summed E-state index contributed by atoms with van der Waals surface area (Å²) in [5.41, 5.74) is 0.0986. The van der Waals surface area contributed by atoms with E-state index in [9.17, 15) is 14.0 Å². The Hall–Kier alpha value is -2.11. The number of halogens is 1. The first-order chi connectivity index (χ1) is 9.49. The van der Waals surface area contributed by atoms with Gasteiger partial charge in [0, 0.05) is 13.1 Å². The Kier molecular flexibility index (Phi) is 5.96. The summed E-state index contributed by atoms with van der Waals surface area (Å²) in [6, 6.07) is 4.82. The Morgan fingerprint density at radius 1 is 1.25 bits per heavy atom. The Balaban J connectivity index is 2.60. The van der Waals surface area contributed by atoms with E-state index in [0.717, 1.165) is 0 Å². The van der Waals surface area contributed by atoms with Gasteiger partial charge >= 0.3 is 6.03 Å². The first-order valence-electron chi connectivity index (χ1n) is 6.60. The van der Waals surface area contributed by atoms with Gasteiger partial charge < -0.3 is 15.5 Å². The Morgan fingerprint density at radius 2 is 1.85 bits per heavy atom. The number of urea groups is 1. The lowest BCUT2D eigenvalue weighted by Gasteiger charge is -2.22. The lowest BCUT2D eigenvalue weighted by atomic mass is 10.2. The lowest BCUT2D eigenvalue weighted by Crippen LogP contribution is -2.48. The highest BCUT2D eigenvalue weighted by Crippen LogP contribution is 2.12. The van der Waals surface area contributed by atoms with Crippen LogP contribution in [0.3, 0.4) is 0 Å². The van der Waals surface area contributed by atoms with Crippen molar-refractivity contribution in [1.82, 2.24) is 10.2 Å². The predicted molar refractivity (Wildman–Crippen MR) is 75.9 cm³/mol. The molecule has 1 rings (SSSR count). The normalized spacial score (nSPS) is 11.6. The number of anilines is 1. The number of carbonyl (C=O) groups excluding carboxylic acids is 2. The van der Waals surface area contributed by atoms with E-state index in [4.69, 9.17) is 0 Å². The number of hydrogen-bond donors (Lipinski definition) is 2. The SMILES string of the molecule is CCN(CC)C(=O)NC(C)C(=O)Nc1ccccc1F. The number of benzene rings is 1. The fourth-order valence-electron chi connectivity index (χ4n) is 1.66. The molecule has 0 saturated heterocycles. The van der Waals surface area contributed by atoms with E-state index < -0.39 is 17.8 Å². The van der Waals surface area contributed by atoms with Gasteiger partial charge in [0.1, 0.15) is 11.9 Å². The van der Waals surface area contributed by atoms with E-state index in [1.165, 1.54) is 18.2 Å². The molecule has 3 amide bonds. The first-order valence-corrected chi connectivity index (χ1v) is 6.60. The van der Waals surface area contributed by atoms with Crippen LogP contribution in [-0.2, 0) is 4.79 Å². The van der Waals surface area contributed by atoms with Gasteiger partial charge in [0.15, 0.2) is 0 Å². The standard InChI is InChI=1S/C14H20FN3O2/c1-4-18(5-2)14(20)16-10(3)13(19)17-12-9-7-6-8-11(12)15/h6-10H,4-5H2,1-3H3,(H,16,20)(H,17,19). The summed E-state index contributed by atoms with van der Waals surface area (Å²) >= 11 is 0. The smallest absolute Gasteiger partial charge is 0.318 e. The first kappa shape index (κ1) is 15.9. The van der Waals surface area contributed by atoms with Crippen LogP contribution in [0, 0.1) is 5.82 Å². The highest BCUT2D eigenvalue weighted by molar-refractivity contribution is 5.96. The quantitative estimate of drug-likeness (QED) is 0.869. The van der Waals surface area contributed by atoms with E-state index >= 15 is 0 Å². The van der Waals surface area contributed by atoms with Crippen molar-refractivity contribution in [3.8, 4) is 0 Å². The number of hydrogen-bond acceptors (Lipinski definition) is 2. The third kappa shape index (κ3) is 4.22. The zero-order chi connectivity index (χ0) is 15.1. The molecule has 1 unspecified atom stereocenters. The molecule has 1 atom stereocenters. The topological polar surface area (TPSA) is 61.4 Å². The molecule has 1 aromatic carbocycles. The van der Waals surface area contributed by atoms with E-state index in [1.807, 2.05) is 13.8 Å². The molecule has 0 aliphatic rings.